The number of benzene rings is 2. The van der Waals surface area contributed by atoms with Gasteiger partial charge in [0, 0.05) is 23.1 Å². The highest BCUT2D eigenvalue weighted by Gasteiger charge is 2.33. The molecule has 0 radical (unpaired) electrons. The predicted octanol–water partition coefficient (Wildman–Crippen LogP) is 2.33. The third kappa shape index (κ3) is 2.32. The van der Waals surface area contributed by atoms with E-state index in [2.05, 4.69) is 16.4 Å². The van der Waals surface area contributed by atoms with Crippen LogP contribution in [0.1, 0.15) is 22.7 Å². The van der Waals surface area contributed by atoms with Crippen molar-refractivity contribution in [2.24, 2.45) is 0 Å². The molecule has 0 bridgehead atoms. The summed E-state index contributed by atoms with van der Waals surface area (Å²) in [7, 11) is 0. The fraction of sp³-hybridized carbons (Fsp3) is 0.211. The number of para-hydroxylation sites is 1. The maximum atomic E-state index is 12.2. The minimum absolute atomic E-state index is 0.317. The van der Waals surface area contributed by atoms with E-state index in [1.807, 2.05) is 48.5 Å². The number of fused-ring (bicyclic) bond motifs is 3. The van der Waals surface area contributed by atoms with Crippen LogP contribution in [0.5, 0.6) is 0 Å². The highest BCUT2D eigenvalue weighted by atomic mass is 16.3. The SMILES string of the molecule is O=C1NCCc2c([nH]c3ccccc23)[C@@H](c2ccccc2)[C@@H]1O. The monoisotopic (exact) mass is 306 g/mol. The van der Waals surface area contributed by atoms with E-state index in [-0.39, 0.29) is 11.8 Å². The number of amides is 1. The van der Waals surface area contributed by atoms with E-state index in [0.717, 1.165) is 28.6 Å². The van der Waals surface area contributed by atoms with Crippen LogP contribution in [0.2, 0.25) is 0 Å². The Labute approximate surface area is 134 Å². The molecule has 1 amide bonds. The molecule has 3 aromatic rings. The van der Waals surface area contributed by atoms with Crippen LogP contribution in [0.4, 0.5) is 0 Å². The van der Waals surface area contributed by atoms with E-state index < -0.39 is 6.10 Å². The standard InChI is InChI=1S/C19H18N2O2/c22-18-16(12-6-2-1-3-7-12)17-14(10-11-20-19(18)23)13-8-4-5-9-15(13)21-17/h1-9,16,18,21-22H,10-11H2,(H,20,23)/t16-,18+/m1/s1. The first kappa shape index (κ1) is 14.0. The number of nitrogens with one attached hydrogen (secondary N) is 2. The van der Waals surface area contributed by atoms with Gasteiger partial charge in [-0.1, -0.05) is 48.5 Å². The molecule has 116 valence electrons. The van der Waals surface area contributed by atoms with Crippen LogP contribution in [-0.2, 0) is 11.2 Å². The lowest BCUT2D eigenvalue weighted by molar-refractivity contribution is -0.130. The van der Waals surface area contributed by atoms with Crippen molar-refractivity contribution in [3.05, 3.63) is 71.4 Å². The number of aliphatic hydroxyl groups is 1. The van der Waals surface area contributed by atoms with Crippen molar-refractivity contribution < 1.29 is 9.90 Å². The Hall–Kier alpha value is -2.59. The van der Waals surface area contributed by atoms with Crippen molar-refractivity contribution >= 4 is 16.8 Å². The fourth-order valence-electron chi connectivity index (χ4n) is 3.49. The summed E-state index contributed by atoms with van der Waals surface area (Å²) in [6.07, 6.45) is -0.356. The van der Waals surface area contributed by atoms with Crippen LogP contribution in [0, 0.1) is 0 Å². The first-order valence-corrected chi connectivity index (χ1v) is 7.86. The van der Waals surface area contributed by atoms with Gasteiger partial charge in [0.25, 0.3) is 0 Å². The molecule has 3 N–H and O–H groups in total. The number of carbonyl (C=O) groups excluding carboxylic acids is 1. The van der Waals surface area contributed by atoms with Crippen LogP contribution in [-0.4, -0.2) is 28.6 Å². The quantitative estimate of drug-likeness (QED) is 0.646. The van der Waals surface area contributed by atoms with Gasteiger partial charge in [-0.15, -0.1) is 0 Å². The largest absolute Gasteiger partial charge is 0.382 e. The minimum Gasteiger partial charge on any atom is -0.382 e. The smallest absolute Gasteiger partial charge is 0.249 e. The highest BCUT2D eigenvalue weighted by Crippen LogP contribution is 2.35. The number of aliphatic hydroxyl groups excluding tert-OH is 1. The van der Waals surface area contributed by atoms with E-state index in [9.17, 15) is 9.90 Å². The number of carbonyl (C=O) groups is 1. The zero-order valence-corrected chi connectivity index (χ0v) is 12.6. The fourth-order valence-corrected chi connectivity index (χ4v) is 3.49. The Morgan fingerprint density at radius 3 is 2.57 bits per heavy atom. The van der Waals surface area contributed by atoms with E-state index in [0.29, 0.717) is 6.54 Å². The topological polar surface area (TPSA) is 65.1 Å². The molecule has 1 aliphatic rings. The molecule has 0 fully saturated rings. The molecule has 0 aliphatic carbocycles. The number of aromatic nitrogens is 1. The van der Waals surface area contributed by atoms with Crippen molar-refractivity contribution in [1.29, 1.82) is 0 Å². The van der Waals surface area contributed by atoms with Gasteiger partial charge in [0.05, 0.1) is 5.92 Å². The number of aromatic amines is 1. The Kier molecular flexibility index (Phi) is 3.39. The molecule has 4 rings (SSSR count). The van der Waals surface area contributed by atoms with Gasteiger partial charge in [-0.2, -0.15) is 0 Å². The number of rotatable bonds is 1. The molecule has 1 aromatic heterocycles. The summed E-state index contributed by atoms with van der Waals surface area (Å²) >= 11 is 0. The van der Waals surface area contributed by atoms with Gasteiger partial charge >= 0.3 is 0 Å². The zero-order chi connectivity index (χ0) is 15.8. The lowest BCUT2D eigenvalue weighted by atomic mass is 9.86. The van der Waals surface area contributed by atoms with Crippen LogP contribution in [0.15, 0.2) is 54.6 Å². The van der Waals surface area contributed by atoms with E-state index in [1.165, 1.54) is 5.56 Å². The van der Waals surface area contributed by atoms with Crippen molar-refractivity contribution in [2.45, 2.75) is 18.4 Å². The Morgan fingerprint density at radius 1 is 1.00 bits per heavy atom. The lowest BCUT2D eigenvalue weighted by Gasteiger charge is -2.26. The van der Waals surface area contributed by atoms with Crippen molar-refractivity contribution in [3.63, 3.8) is 0 Å². The van der Waals surface area contributed by atoms with Gasteiger partial charge in [-0.3, -0.25) is 4.79 Å². The van der Waals surface area contributed by atoms with Gasteiger partial charge < -0.3 is 15.4 Å². The van der Waals surface area contributed by atoms with E-state index in [4.69, 9.17) is 0 Å². The van der Waals surface area contributed by atoms with Gasteiger partial charge in [0.1, 0.15) is 6.10 Å². The first-order chi connectivity index (χ1) is 11.3. The van der Waals surface area contributed by atoms with Crippen LogP contribution in [0.25, 0.3) is 10.9 Å². The van der Waals surface area contributed by atoms with Crippen LogP contribution >= 0.6 is 0 Å². The summed E-state index contributed by atoms with van der Waals surface area (Å²) in [5.74, 6) is -0.706. The van der Waals surface area contributed by atoms with Crippen molar-refractivity contribution in [1.82, 2.24) is 10.3 Å². The summed E-state index contributed by atoms with van der Waals surface area (Å²) in [5, 5.41) is 14.6. The maximum absolute atomic E-state index is 12.2. The summed E-state index contributed by atoms with van der Waals surface area (Å²) in [6, 6.07) is 17.8. The second kappa shape index (κ2) is 5.56. The van der Waals surface area contributed by atoms with Gasteiger partial charge in [0.15, 0.2) is 0 Å². The molecular weight excluding hydrogens is 288 g/mol. The molecule has 2 heterocycles. The average Bonchev–Trinajstić information content (AvgIpc) is 2.93. The molecule has 0 unspecified atom stereocenters. The second-order valence-corrected chi connectivity index (χ2v) is 5.94. The van der Waals surface area contributed by atoms with Gasteiger partial charge in [0.2, 0.25) is 5.91 Å². The maximum Gasteiger partial charge on any atom is 0.249 e. The molecule has 0 saturated carbocycles. The van der Waals surface area contributed by atoms with Crippen molar-refractivity contribution in [3.8, 4) is 0 Å². The molecular formula is C19H18N2O2. The first-order valence-electron chi connectivity index (χ1n) is 7.86. The number of hydrogen-bond acceptors (Lipinski definition) is 2. The summed E-state index contributed by atoms with van der Waals surface area (Å²) in [5.41, 5.74) is 4.10. The molecule has 1 aliphatic heterocycles. The second-order valence-electron chi connectivity index (χ2n) is 5.94. The van der Waals surface area contributed by atoms with E-state index in [1.54, 1.807) is 0 Å². The van der Waals surface area contributed by atoms with E-state index >= 15 is 0 Å². The third-order valence-corrected chi connectivity index (χ3v) is 4.57. The molecule has 0 saturated heterocycles. The molecule has 2 atom stereocenters. The summed E-state index contributed by atoms with van der Waals surface area (Å²) in [4.78, 5) is 15.6. The normalized spacial score (nSPS) is 21.3. The van der Waals surface area contributed by atoms with Gasteiger partial charge in [-0.05, 0) is 23.6 Å². The minimum atomic E-state index is -1.11. The Bertz CT molecular complexity index is 854. The molecule has 4 heteroatoms. The highest BCUT2D eigenvalue weighted by molar-refractivity contribution is 5.88. The van der Waals surface area contributed by atoms with Crippen LogP contribution in [0.3, 0.4) is 0 Å². The molecule has 23 heavy (non-hydrogen) atoms. The molecule has 2 aromatic carbocycles. The van der Waals surface area contributed by atoms with Crippen LogP contribution < -0.4 is 5.32 Å². The van der Waals surface area contributed by atoms with Crippen molar-refractivity contribution in [2.75, 3.05) is 6.54 Å². The number of H-pyrrole nitrogens is 1. The molecule has 0 spiro atoms. The summed E-state index contributed by atoms with van der Waals surface area (Å²) < 4.78 is 0. The Balaban J connectivity index is 1.96. The molecule has 4 nitrogen and oxygen atoms in total. The van der Waals surface area contributed by atoms with Gasteiger partial charge in [-0.25, -0.2) is 0 Å². The average molecular weight is 306 g/mol. The zero-order valence-electron chi connectivity index (χ0n) is 12.6. The Morgan fingerprint density at radius 2 is 1.74 bits per heavy atom. The lowest BCUT2D eigenvalue weighted by Crippen LogP contribution is -2.41. The predicted molar refractivity (Wildman–Crippen MR) is 89.3 cm³/mol. The third-order valence-electron chi connectivity index (χ3n) is 4.57. The summed E-state index contributed by atoms with van der Waals surface area (Å²) in [6.45, 7) is 0.534. The number of hydrogen-bond donors (Lipinski definition) is 3.